The van der Waals surface area contributed by atoms with Crippen LogP contribution in [0.15, 0.2) is 24.5 Å². The number of aromatic nitrogens is 1. The minimum atomic E-state index is -0.839. The fourth-order valence-corrected chi connectivity index (χ4v) is 11.4. The number of unbranched alkanes of at least 4 members (excludes halogenated alkanes) is 3. The SMILES string of the molecule is CCC[CH2][Sn]([CH2]CCC)[CH2]CCC.Fc1cccnc1. The molecule has 0 saturated carbocycles. The Bertz CT molecular complexity index is 273. The van der Waals surface area contributed by atoms with E-state index in [9.17, 15) is 4.39 Å². The van der Waals surface area contributed by atoms with Gasteiger partial charge in [-0.1, -0.05) is 0 Å². The molecule has 0 bridgehead atoms. The van der Waals surface area contributed by atoms with Crippen LogP contribution in [0.1, 0.15) is 59.3 Å². The molecule has 1 nitrogen and oxygen atoms in total. The first-order chi connectivity index (χ1) is 9.74. The molecule has 1 aromatic heterocycles. The summed E-state index contributed by atoms with van der Waals surface area (Å²) in [5, 5.41) is 0. The van der Waals surface area contributed by atoms with Crippen LogP contribution in [0.5, 0.6) is 0 Å². The topological polar surface area (TPSA) is 12.9 Å². The van der Waals surface area contributed by atoms with Gasteiger partial charge >= 0.3 is 92.4 Å². The maximum absolute atomic E-state index is 11.8. The van der Waals surface area contributed by atoms with Crippen molar-refractivity contribution in [3.63, 3.8) is 0 Å². The molecule has 0 saturated heterocycles. The largest absolute Gasteiger partial charge is 0.262 e. The minimum absolute atomic E-state index is 0.289. The van der Waals surface area contributed by atoms with Gasteiger partial charge in [0.2, 0.25) is 0 Å². The van der Waals surface area contributed by atoms with Crippen LogP contribution in [0.4, 0.5) is 4.39 Å². The number of pyridine rings is 1. The van der Waals surface area contributed by atoms with Gasteiger partial charge in [0.15, 0.2) is 0 Å². The van der Waals surface area contributed by atoms with Gasteiger partial charge in [0.05, 0.1) is 6.20 Å². The van der Waals surface area contributed by atoms with Crippen molar-refractivity contribution in [2.45, 2.75) is 72.6 Å². The summed E-state index contributed by atoms with van der Waals surface area (Å²) in [6.07, 6.45) is 11.5. The predicted molar refractivity (Wildman–Crippen MR) is 89.1 cm³/mol. The molecule has 20 heavy (non-hydrogen) atoms. The molecule has 1 rings (SSSR count). The van der Waals surface area contributed by atoms with E-state index in [2.05, 4.69) is 25.8 Å². The van der Waals surface area contributed by atoms with E-state index in [-0.39, 0.29) is 5.82 Å². The average molecular weight is 387 g/mol. The molecule has 0 aliphatic heterocycles. The van der Waals surface area contributed by atoms with Crippen molar-refractivity contribution >= 4 is 19.8 Å². The predicted octanol–water partition coefficient (Wildman–Crippen LogP) is 6.10. The van der Waals surface area contributed by atoms with Crippen LogP contribution in [0.25, 0.3) is 0 Å². The second-order valence-electron chi connectivity index (χ2n) is 5.23. The van der Waals surface area contributed by atoms with E-state index in [1.807, 2.05) is 0 Å². The molecule has 0 amide bonds. The molecule has 0 aliphatic rings. The third-order valence-corrected chi connectivity index (χ3v) is 12.4. The van der Waals surface area contributed by atoms with Crippen molar-refractivity contribution in [1.29, 1.82) is 0 Å². The van der Waals surface area contributed by atoms with E-state index in [1.54, 1.807) is 19.4 Å². The van der Waals surface area contributed by atoms with Crippen molar-refractivity contribution in [3.05, 3.63) is 30.3 Å². The van der Waals surface area contributed by atoms with E-state index in [0.29, 0.717) is 0 Å². The molecule has 115 valence electrons. The number of halogens is 1. The Morgan fingerprint density at radius 2 is 1.45 bits per heavy atom. The fourth-order valence-electron chi connectivity index (χ4n) is 2.00. The van der Waals surface area contributed by atoms with Gasteiger partial charge in [0, 0.05) is 6.20 Å². The normalized spacial score (nSPS) is 10.2. The third kappa shape index (κ3) is 12.9. The Morgan fingerprint density at radius 1 is 0.950 bits per heavy atom. The van der Waals surface area contributed by atoms with Crippen molar-refractivity contribution in [1.82, 2.24) is 4.98 Å². The van der Waals surface area contributed by atoms with Crippen LogP contribution in [0.3, 0.4) is 0 Å². The Labute approximate surface area is 132 Å². The molecule has 0 atom stereocenters. The first-order valence-corrected chi connectivity index (χ1v) is 14.2. The maximum Gasteiger partial charge on any atom is 0.141 e. The molecular formula is C17H31FNSn. The zero-order valence-electron chi connectivity index (χ0n) is 13.5. The van der Waals surface area contributed by atoms with Crippen LogP contribution in [0, 0.1) is 5.82 Å². The molecule has 1 radical (unpaired) electrons. The molecule has 0 aromatic carbocycles. The Kier molecular flexibility index (Phi) is 15.2. The number of hydrogen-bond donors (Lipinski definition) is 0. The summed E-state index contributed by atoms with van der Waals surface area (Å²) in [5.41, 5.74) is 0. The Balaban J connectivity index is 0.000000428. The molecule has 0 unspecified atom stereocenters. The first-order valence-electron chi connectivity index (χ1n) is 8.13. The third-order valence-electron chi connectivity index (χ3n) is 3.28. The zero-order chi connectivity index (χ0) is 15.1. The van der Waals surface area contributed by atoms with Gasteiger partial charge < -0.3 is 0 Å². The molecule has 1 aromatic rings. The van der Waals surface area contributed by atoms with Crippen LogP contribution in [-0.2, 0) is 0 Å². The quantitative estimate of drug-likeness (QED) is 0.467. The molecule has 0 N–H and O–H groups in total. The Morgan fingerprint density at radius 3 is 1.70 bits per heavy atom. The average Bonchev–Trinajstić information content (AvgIpc) is 2.48. The van der Waals surface area contributed by atoms with Crippen molar-refractivity contribution < 1.29 is 4.39 Å². The summed E-state index contributed by atoms with van der Waals surface area (Å²) in [7, 11) is 0. The van der Waals surface area contributed by atoms with Crippen LogP contribution < -0.4 is 0 Å². The van der Waals surface area contributed by atoms with E-state index >= 15 is 0 Å². The summed E-state index contributed by atoms with van der Waals surface area (Å²) in [6.45, 7) is 7.00. The van der Waals surface area contributed by atoms with Gasteiger partial charge in [-0.15, -0.1) is 0 Å². The van der Waals surface area contributed by atoms with Crippen LogP contribution >= 0.6 is 0 Å². The summed E-state index contributed by atoms with van der Waals surface area (Å²) >= 11 is -0.839. The maximum atomic E-state index is 11.8. The zero-order valence-corrected chi connectivity index (χ0v) is 16.4. The standard InChI is InChI=1S/C5H4FN.3C4H9.Sn/c6-5-2-1-3-7-4-5;3*1-3-4-2;/h1-4H;3*1,3-4H2,2H3;. The summed E-state index contributed by atoms with van der Waals surface area (Å²) in [5.74, 6) is -0.289. The molecule has 3 heteroatoms. The first kappa shape index (κ1) is 19.9. The summed E-state index contributed by atoms with van der Waals surface area (Å²) in [6, 6.07) is 2.91. The van der Waals surface area contributed by atoms with E-state index in [0.717, 1.165) is 0 Å². The second kappa shape index (κ2) is 15.3. The molecule has 1 heterocycles. The fraction of sp³-hybridized carbons (Fsp3) is 0.706. The van der Waals surface area contributed by atoms with Crippen LogP contribution in [0.2, 0.25) is 13.3 Å². The minimum Gasteiger partial charge on any atom is -0.262 e. The van der Waals surface area contributed by atoms with Gasteiger partial charge in [0.1, 0.15) is 5.82 Å². The number of nitrogens with zero attached hydrogens (tertiary/aromatic N) is 1. The van der Waals surface area contributed by atoms with Crippen molar-refractivity contribution in [3.8, 4) is 0 Å². The number of rotatable bonds is 9. The number of hydrogen-bond acceptors (Lipinski definition) is 1. The van der Waals surface area contributed by atoms with Gasteiger partial charge in [-0.25, -0.2) is 4.39 Å². The van der Waals surface area contributed by atoms with E-state index in [4.69, 9.17) is 0 Å². The molecule has 0 spiro atoms. The van der Waals surface area contributed by atoms with Gasteiger partial charge in [-0.2, -0.15) is 0 Å². The smallest absolute Gasteiger partial charge is 0.141 e. The monoisotopic (exact) mass is 388 g/mol. The van der Waals surface area contributed by atoms with Crippen molar-refractivity contribution in [2.24, 2.45) is 0 Å². The Hall–Kier alpha value is -0.121. The van der Waals surface area contributed by atoms with Gasteiger partial charge in [0.25, 0.3) is 0 Å². The van der Waals surface area contributed by atoms with E-state index < -0.39 is 19.8 Å². The van der Waals surface area contributed by atoms with Gasteiger partial charge in [-0.3, -0.25) is 4.98 Å². The second-order valence-corrected chi connectivity index (χ2v) is 13.8. The molecule has 0 aliphatic carbocycles. The summed E-state index contributed by atoms with van der Waals surface area (Å²) in [4.78, 5) is 3.51. The molecule has 0 fully saturated rings. The van der Waals surface area contributed by atoms with Crippen LogP contribution in [-0.4, -0.2) is 24.7 Å². The molecular weight excluding hydrogens is 356 g/mol. The van der Waals surface area contributed by atoms with Crippen molar-refractivity contribution in [2.75, 3.05) is 0 Å². The van der Waals surface area contributed by atoms with Gasteiger partial charge in [-0.05, 0) is 12.1 Å². The summed E-state index contributed by atoms with van der Waals surface area (Å²) < 4.78 is 16.9. The van der Waals surface area contributed by atoms with E-state index in [1.165, 1.54) is 57.0 Å².